The second-order valence-corrected chi connectivity index (χ2v) is 23.1. The zero-order chi connectivity index (χ0) is 61.2. The lowest BCUT2D eigenvalue weighted by molar-refractivity contribution is 1.10. The molecule has 13 rings (SSSR count). The maximum absolute atomic E-state index is 2.43. The van der Waals surface area contributed by atoms with Crippen LogP contribution in [-0.4, -0.2) is 0 Å². The average molecular weight is 1160 g/mol. The number of hydrogen-bond donors (Lipinski definition) is 0. The zero-order valence-corrected chi connectivity index (χ0v) is 51.6. The summed E-state index contributed by atoms with van der Waals surface area (Å²) in [6.07, 6.45) is 15.6. The highest BCUT2D eigenvalue weighted by atomic mass is 15.2. The molecular weight excluding hydrogens is 1080 g/mol. The Labute approximate surface area is 531 Å². The van der Waals surface area contributed by atoms with Crippen molar-refractivity contribution in [3.8, 4) is 0 Å². The van der Waals surface area contributed by atoms with Gasteiger partial charge in [0.25, 0.3) is 0 Å². The Morgan fingerprint density at radius 3 is 0.811 bits per heavy atom. The SMILES string of the molecule is CCc1cccc(C)c1N(c1ccc(C=C(c2ccccc2)c2ccccc2)cc1)c1ccc(/C=C/c2c3ccccc3c(/C=C/c3ccc(N(c4ccc(C=C(c5ccccc5)c5ccccc5)cc4)c4c(C)cccc4CC)cc3)c3ccccc23)cc1. The van der Waals surface area contributed by atoms with Crippen molar-refractivity contribution < 1.29 is 0 Å². The number of nitrogens with zero attached hydrogens (tertiary/aromatic N) is 2. The lowest BCUT2D eigenvalue weighted by Gasteiger charge is -2.29. The fraction of sp³-hybridized carbons (Fsp3) is 0.0682. The van der Waals surface area contributed by atoms with Crippen LogP contribution in [0.4, 0.5) is 34.1 Å². The molecule has 0 aliphatic heterocycles. The molecule has 0 aromatic heterocycles. The summed E-state index contributed by atoms with van der Waals surface area (Å²) in [6.45, 7) is 8.95. The van der Waals surface area contributed by atoms with Gasteiger partial charge in [-0.15, -0.1) is 0 Å². The summed E-state index contributed by atoms with van der Waals surface area (Å²) < 4.78 is 0. The van der Waals surface area contributed by atoms with Gasteiger partial charge in [0.15, 0.2) is 0 Å². The molecule has 0 atom stereocenters. The van der Waals surface area contributed by atoms with Crippen LogP contribution in [0.3, 0.4) is 0 Å². The van der Waals surface area contributed by atoms with Gasteiger partial charge in [-0.3, -0.25) is 0 Å². The summed E-state index contributed by atoms with van der Waals surface area (Å²) in [5.41, 5.74) is 26.1. The predicted octanol–water partition coefficient (Wildman–Crippen LogP) is 24.2. The van der Waals surface area contributed by atoms with Gasteiger partial charge in [-0.1, -0.05) is 293 Å². The largest absolute Gasteiger partial charge is 0.310 e. The number of fused-ring (bicyclic) bond motifs is 2. The minimum atomic E-state index is 0.923. The Morgan fingerprint density at radius 2 is 0.533 bits per heavy atom. The Balaban J connectivity index is 0.797. The van der Waals surface area contributed by atoms with Crippen LogP contribution in [0.2, 0.25) is 0 Å². The van der Waals surface area contributed by atoms with E-state index >= 15 is 0 Å². The molecule has 0 saturated carbocycles. The van der Waals surface area contributed by atoms with Crippen molar-refractivity contribution in [3.63, 3.8) is 0 Å². The minimum absolute atomic E-state index is 0.923. The number of para-hydroxylation sites is 2. The standard InChI is InChI=1S/C88H72N2/c1-5-69-35-23-25-63(3)87(69)89(77-55-45-67(46-56-77)61-85(71-27-11-7-12-28-71)72-29-13-8-14-30-72)75-51-41-65(42-52-75)49-59-83-79-37-19-21-39-81(79)84(82-40-22-20-38-80(82)83)60-50-66-43-53-76(54-44-66)90(88-64(4)26-24-36-70(88)6-2)78-57-47-68(48-58-78)62-86(73-31-15-9-16-32-73)74-33-17-10-18-34-74/h7-62H,5-6H2,1-4H3/b59-49+,60-50+. The Kier molecular flexibility index (Phi) is 17.3. The number of hydrogen-bond acceptors (Lipinski definition) is 2. The number of anilines is 6. The Hall–Kier alpha value is -11.1. The fourth-order valence-electron chi connectivity index (χ4n) is 12.8. The number of aryl methyl sites for hydroxylation is 4. The second-order valence-electron chi connectivity index (χ2n) is 23.1. The van der Waals surface area contributed by atoms with Crippen LogP contribution in [0.5, 0.6) is 0 Å². The molecule has 90 heavy (non-hydrogen) atoms. The minimum Gasteiger partial charge on any atom is -0.310 e. The monoisotopic (exact) mass is 1160 g/mol. The summed E-state index contributed by atoms with van der Waals surface area (Å²) in [7, 11) is 0. The molecule has 0 N–H and O–H groups in total. The van der Waals surface area contributed by atoms with E-state index in [2.05, 4.69) is 377 Å². The Bertz CT molecular complexity index is 4280. The van der Waals surface area contributed by atoms with E-state index in [0.29, 0.717) is 0 Å². The molecule has 13 aromatic rings. The molecule has 0 fully saturated rings. The van der Waals surface area contributed by atoms with Crippen LogP contribution in [0.1, 0.15) is 91.7 Å². The molecule has 0 radical (unpaired) electrons. The number of benzene rings is 13. The van der Waals surface area contributed by atoms with E-state index in [-0.39, 0.29) is 0 Å². The fourth-order valence-corrected chi connectivity index (χ4v) is 12.8. The third-order valence-corrected chi connectivity index (χ3v) is 17.3. The maximum atomic E-state index is 2.43. The van der Waals surface area contributed by atoms with Gasteiger partial charge in [0.05, 0.1) is 11.4 Å². The van der Waals surface area contributed by atoms with Crippen LogP contribution in [0, 0.1) is 13.8 Å². The normalized spacial score (nSPS) is 11.3. The van der Waals surface area contributed by atoms with Gasteiger partial charge in [-0.25, -0.2) is 0 Å². The van der Waals surface area contributed by atoms with Crippen molar-refractivity contribution >= 4 is 103 Å². The van der Waals surface area contributed by atoms with Crippen LogP contribution in [0.25, 0.3) is 69.1 Å². The first-order valence-corrected chi connectivity index (χ1v) is 31.5. The van der Waals surface area contributed by atoms with E-state index < -0.39 is 0 Å². The molecule has 0 aliphatic rings. The number of rotatable bonds is 18. The highest BCUT2D eigenvalue weighted by Crippen LogP contribution is 2.43. The van der Waals surface area contributed by atoms with Crippen molar-refractivity contribution in [3.05, 3.63) is 381 Å². The molecular formula is C88H72N2. The third kappa shape index (κ3) is 12.4. The highest BCUT2D eigenvalue weighted by Gasteiger charge is 2.21. The summed E-state index contributed by atoms with van der Waals surface area (Å²) in [5, 5.41) is 4.86. The topological polar surface area (TPSA) is 6.48 Å². The molecule has 0 bridgehead atoms. The van der Waals surface area contributed by atoms with E-state index in [4.69, 9.17) is 0 Å². The first-order chi connectivity index (χ1) is 44.4. The molecule has 0 heterocycles. The van der Waals surface area contributed by atoms with Crippen molar-refractivity contribution in [1.82, 2.24) is 0 Å². The molecule has 0 spiro atoms. The quantitative estimate of drug-likeness (QED) is 0.0624. The lowest BCUT2D eigenvalue weighted by atomic mass is 9.91. The summed E-state index contributed by atoms with van der Waals surface area (Å²) in [6, 6.07) is 110. The van der Waals surface area contributed by atoms with Crippen LogP contribution in [0.15, 0.2) is 303 Å². The first kappa shape index (κ1) is 58.0. The van der Waals surface area contributed by atoms with E-state index in [1.807, 2.05) is 0 Å². The predicted molar refractivity (Wildman–Crippen MR) is 390 cm³/mol. The van der Waals surface area contributed by atoms with Crippen molar-refractivity contribution in [2.24, 2.45) is 0 Å². The maximum Gasteiger partial charge on any atom is 0.0522 e. The molecule has 2 heteroatoms. The van der Waals surface area contributed by atoms with Gasteiger partial charge >= 0.3 is 0 Å². The van der Waals surface area contributed by atoms with Crippen molar-refractivity contribution in [1.29, 1.82) is 0 Å². The first-order valence-electron chi connectivity index (χ1n) is 31.5. The second kappa shape index (κ2) is 26.9. The average Bonchev–Trinajstić information content (AvgIpc) is 0.905. The van der Waals surface area contributed by atoms with Gasteiger partial charge < -0.3 is 9.80 Å². The van der Waals surface area contributed by atoms with Crippen molar-refractivity contribution in [2.45, 2.75) is 40.5 Å². The van der Waals surface area contributed by atoms with Gasteiger partial charge in [0, 0.05) is 22.7 Å². The summed E-state index contributed by atoms with van der Waals surface area (Å²) >= 11 is 0. The van der Waals surface area contributed by atoms with E-state index in [0.717, 1.165) is 57.8 Å². The smallest absolute Gasteiger partial charge is 0.0522 e. The van der Waals surface area contributed by atoms with Gasteiger partial charge in [-0.2, -0.15) is 0 Å². The lowest BCUT2D eigenvalue weighted by Crippen LogP contribution is -2.13. The molecule has 2 nitrogen and oxygen atoms in total. The molecule has 0 unspecified atom stereocenters. The highest BCUT2D eigenvalue weighted by molar-refractivity contribution is 6.14. The van der Waals surface area contributed by atoms with Crippen LogP contribution in [-0.2, 0) is 12.8 Å². The molecule has 0 aliphatic carbocycles. The van der Waals surface area contributed by atoms with E-state index in [9.17, 15) is 0 Å². The Morgan fingerprint density at radius 1 is 0.267 bits per heavy atom. The summed E-state index contributed by atoms with van der Waals surface area (Å²) in [4.78, 5) is 4.86. The van der Waals surface area contributed by atoms with Crippen LogP contribution < -0.4 is 9.80 Å². The van der Waals surface area contributed by atoms with Gasteiger partial charge in [-0.05, 0) is 198 Å². The van der Waals surface area contributed by atoms with Crippen LogP contribution >= 0.6 is 0 Å². The molecule has 434 valence electrons. The third-order valence-electron chi connectivity index (χ3n) is 17.3. The van der Waals surface area contributed by atoms with Crippen molar-refractivity contribution in [2.75, 3.05) is 9.80 Å². The zero-order valence-electron chi connectivity index (χ0n) is 51.6. The van der Waals surface area contributed by atoms with Gasteiger partial charge in [0.1, 0.15) is 0 Å². The molecule has 0 amide bonds. The van der Waals surface area contributed by atoms with E-state index in [1.165, 1.54) is 99.7 Å². The molecule has 13 aromatic carbocycles. The molecule has 0 saturated heterocycles. The van der Waals surface area contributed by atoms with E-state index in [1.54, 1.807) is 0 Å². The summed E-state index contributed by atoms with van der Waals surface area (Å²) in [5.74, 6) is 0. The van der Waals surface area contributed by atoms with Gasteiger partial charge in [0.2, 0.25) is 0 Å².